The Morgan fingerprint density at radius 2 is 2.11 bits per heavy atom. The lowest BCUT2D eigenvalue weighted by atomic mass is 10.3. The molecule has 8 heteroatoms. The number of nitrogens with one attached hydrogen (secondary N) is 1. The van der Waals surface area contributed by atoms with E-state index in [0.29, 0.717) is 5.56 Å². The number of sulfonamides is 1. The second-order valence-electron chi connectivity index (χ2n) is 3.53. The molecule has 0 amide bonds. The molecule has 18 heavy (non-hydrogen) atoms. The Morgan fingerprint density at radius 1 is 1.44 bits per heavy atom. The van der Waals surface area contributed by atoms with Crippen LogP contribution in [0.5, 0.6) is 0 Å². The second kappa shape index (κ2) is 6.17. The minimum Gasteiger partial charge on any atom is -0.465 e. The highest BCUT2D eigenvalue weighted by molar-refractivity contribution is 7.92. The minimum absolute atomic E-state index is 0.0894. The summed E-state index contributed by atoms with van der Waals surface area (Å²) < 4.78 is 35.2. The molecule has 102 valence electrons. The van der Waals surface area contributed by atoms with Crippen LogP contribution >= 0.6 is 11.3 Å². The van der Waals surface area contributed by atoms with Gasteiger partial charge in [0.25, 0.3) is 0 Å². The van der Waals surface area contributed by atoms with E-state index < -0.39 is 16.0 Å². The van der Waals surface area contributed by atoms with Crippen LogP contribution < -0.4 is 4.72 Å². The standard InChI is InChI=1S/C10H15NO5S2/c1-7-6-17-9(10(12)16-3)8(7)11-18(13,14)5-4-15-2/h6,11H,4-5H2,1-3H3. The van der Waals surface area contributed by atoms with E-state index in [1.54, 1.807) is 12.3 Å². The van der Waals surface area contributed by atoms with E-state index in [2.05, 4.69) is 9.46 Å². The van der Waals surface area contributed by atoms with Gasteiger partial charge in [-0.05, 0) is 17.9 Å². The first kappa shape index (κ1) is 14.9. The maximum atomic E-state index is 11.7. The molecule has 0 saturated carbocycles. The highest BCUT2D eigenvalue weighted by Crippen LogP contribution is 2.29. The van der Waals surface area contributed by atoms with Crippen molar-refractivity contribution >= 4 is 33.0 Å². The molecule has 0 aromatic carbocycles. The Bertz CT molecular complexity index is 520. The van der Waals surface area contributed by atoms with Crippen molar-refractivity contribution in [2.24, 2.45) is 0 Å². The monoisotopic (exact) mass is 293 g/mol. The van der Waals surface area contributed by atoms with Crippen LogP contribution in [-0.4, -0.2) is 41.0 Å². The number of methoxy groups -OCH3 is 2. The van der Waals surface area contributed by atoms with Crippen LogP contribution in [0.4, 0.5) is 5.69 Å². The molecule has 1 aromatic rings. The van der Waals surface area contributed by atoms with E-state index in [0.717, 1.165) is 11.3 Å². The molecule has 0 unspecified atom stereocenters. The molecule has 1 N–H and O–H groups in total. The zero-order valence-corrected chi connectivity index (χ0v) is 12.0. The van der Waals surface area contributed by atoms with Crippen molar-refractivity contribution in [3.8, 4) is 0 Å². The third-order valence-corrected chi connectivity index (χ3v) is 4.46. The number of hydrogen-bond acceptors (Lipinski definition) is 6. The number of esters is 1. The van der Waals surface area contributed by atoms with Gasteiger partial charge in [0.1, 0.15) is 4.88 Å². The molecule has 6 nitrogen and oxygen atoms in total. The average Bonchev–Trinajstić information content (AvgIpc) is 2.67. The number of rotatable bonds is 6. The van der Waals surface area contributed by atoms with Gasteiger partial charge in [-0.25, -0.2) is 13.2 Å². The van der Waals surface area contributed by atoms with Gasteiger partial charge in [-0.3, -0.25) is 4.72 Å². The molecule has 0 radical (unpaired) electrons. The molecule has 1 aromatic heterocycles. The van der Waals surface area contributed by atoms with Crippen molar-refractivity contribution < 1.29 is 22.7 Å². The molecule has 0 aliphatic carbocycles. The predicted octanol–water partition coefficient (Wildman–Crippen LogP) is 1.23. The van der Waals surface area contributed by atoms with Gasteiger partial charge in [0.15, 0.2) is 0 Å². The normalized spacial score (nSPS) is 11.3. The van der Waals surface area contributed by atoms with Gasteiger partial charge < -0.3 is 9.47 Å². The fourth-order valence-corrected chi connectivity index (χ4v) is 3.26. The lowest BCUT2D eigenvalue weighted by Crippen LogP contribution is -2.21. The minimum atomic E-state index is -3.53. The lowest BCUT2D eigenvalue weighted by Gasteiger charge is -2.09. The molecule has 0 spiro atoms. The van der Waals surface area contributed by atoms with Gasteiger partial charge in [0, 0.05) is 7.11 Å². The third-order valence-electron chi connectivity index (χ3n) is 2.16. The summed E-state index contributed by atoms with van der Waals surface area (Å²) in [5, 5.41) is 1.69. The summed E-state index contributed by atoms with van der Waals surface area (Å²) >= 11 is 1.14. The van der Waals surface area contributed by atoms with E-state index in [-0.39, 0.29) is 22.9 Å². The molecule has 0 saturated heterocycles. The molecule has 0 aliphatic heterocycles. The summed E-state index contributed by atoms with van der Waals surface area (Å²) in [6.45, 7) is 1.81. The van der Waals surface area contributed by atoms with Gasteiger partial charge in [-0.1, -0.05) is 0 Å². The number of ether oxygens (including phenoxy) is 2. The summed E-state index contributed by atoms with van der Waals surface area (Å²) in [5.74, 6) is -0.725. The molecular formula is C10H15NO5S2. The Hall–Kier alpha value is -1.12. The first-order chi connectivity index (χ1) is 8.41. The number of aryl methyl sites for hydroxylation is 1. The van der Waals surface area contributed by atoms with Crippen molar-refractivity contribution in [3.63, 3.8) is 0 Å². The summed E-state index contributed by atoms with van der Waals surface area (Å²) in [6.07, 6.45) is 0. The van der Waals surface area contributed by atoms with Gasteiger partial charge in [-0.15, -0.1) is 11.3 Å². The fraction of sp³-hybridized carbons (Fsp3) is 0.500. The maximum Gasteiger partial charge on any atom is 0.350 e. The number of thiophene rings is 1. The van der Waals surface area contributed by atoms with Crippen LogP contribution in [0.25, 0.3) is 0 Å². The molecule has 0 atom stereocenters. The Kier molecular flexibility index (Phi) is 5.12. The van der Waals surface area contributed by atoms with Crippen LogP contribution in [0.1, 0.15) is 15.2 Å². The zero-order chi connectivity index (χ0) is 13.8. The van der Waals surface area contributed by atoms with E-state index in [1.807, 2.05) is 0 Å². The van der Waals surface area contributed by atoms with Crippen LogP contribution in [-0.2, 0) is 19.5 Å². The Labute approximate surface area is 110 Å². The van der Waals surface area contributed by atoms with Crippen molar-refractivity contribution in [1.29, 1.82) is 0 Å². The summed E-state index contributed by atoms with van der Waals surface area (Å²) in [7, 11) is -0.857. The van der Waals surface area contributed by atoms with Crippen LogP contribution in [0.3, 0.4) is 0 Å². The number of carbonyl (C=O) groups excluding carboxylic acids is 1. The van der Waals surface area contributed by atoms with Gasteiger partial charge in [0.2, 0.25) is 10.0 Å². The average molecular weight is 293 g/mol. The number of anilines is 1. The number of carbonyl (C=O) groups is 1. The third kappa shape index (κ3) is 3.69. The molecule has 1 rings (SSSR count). The van der Waals surface area contributed by atoms with Crippen LogP contribution in [0, 0.1) is 6.92 Å². The lowest BCUT2D eigenvalue weighted by molar-refractivity contribution is 0.0607. The fourth-order valence-electron chi connectivity index (χ4n) is 1.21. The van der Waals surface area contributed by atoms with Crippen molar-refractivity contribution in [3.05, 3.63) is 15.8 Å². The van der Waals surface area contributed by atoms with Crippen molar-refractivity contribution in [1.82, 2.24) is 0 Å². The van der Waals surface area contributed by atoms with Crippen LogP contribution in [0.15, 0.2) is 5.38 Å². The Balaban J connectivity index is 2.97. The summed E-state index contributed by atoms with van der Waals surface area (Å²) in [5.41, 5.74) is 0.962. The zero-order valence-electron chi connectivity index (χ0n) is 10.3. The highest BCUT2D eigenvalue weighted by atomic mass is 32.2. The molecule has 0 aliphatic rings. The second-order valence-corrected chi connectivity index (χ2v) is 6.25. The van der Waals surface area contributed by atoms with Gasteiger partial charge >= 0.3 is 5.97 Å². The van der Waals surface area contributed by atoms with Crippen molar-refractivity contribution in [2.75, 3.05) is 31.3 Å². The highest BCUT2D eigenvalue weighted by Gasteiger charge is 2.21. The molecule has 1 heterocycles. The summed E-state index contributed by atoms with van der Waals surface area (Å²) in [6, 6.07) is 0. The van der Waals surface area contributed by atoms with Crippen molar-refractivity contribution in [2.45, 2.75) is 6.92 Å². The van der Waals surface area contributed by atoms with Crippen LogP contribution in [0.2, 0.25) is 0 Å². The first-order valence-electron chi connectivity index (χ1n) is 5.07. The molecular weight excluding hydrogens is 278 g/mol. The topological polar surface area (TPSA) is 81.7 Å². The molecule has 0 bridgehead atoms. The van der Waals surface area contributed by atoms with E-state index in [1.165, 1.54) is 14.2 Å². The quantitative estimate of drug-likeness (QED) is 0.798. The van der Waals surface area contributed by atoms with E-state index in [9.17, 15) is 13.2 Å². The van der Waals surface area contributed by atoms with Gasteiger partial charge in [-0.2, -0.15) is 0 Å². The Morgan fingerprint density at radius 3 is 2.67 bits per heavy atom. The number of hydrogen-bond donors (Lipinski definition) is 1. The van der Waals surface area contributed by atoms with Gasteiger partial charge in [0.05, 0.1) is 25.2 Å². The summed E-state index contributed by atoms with van der Waals surface area (Å²) in [4.78, 5) is 11.7. The maximum absolute atomic E-state index is 11.7. The molecule has 0 fully saturated rings. The first-order valence-corrected chi connectivity index (χ1v) is 7.60. The largest absolute Gasteiger partial charge is 0.465 e. The smallest absolute Gasteiger partial charge is 0.350 e. The SMILES string of the molecule is COCCS(=O)(=O)Nc1c(C)csc1C(=O)OC. The van der Waals surface area contributed by atoms with E-state index in [4.69, 9.17) is 4.74 Å². The predicted molar refractivity (Wildman–Crippen MR) is 69.7 cm³/mol. The van der Waals surface area contributed by atoms with E-state index >= 15 is 0 Å².